The summed E-state index contributed by atoms with van der Waals surface area (Å²) in [5.41, 5.74) is 1.84. The Hall–Kier alpha value is -2.69. The molecule has 1 heterocycles. The van der Waals surface area contributed by atoms with Crippen molar-refractivity contribution in [3.63, 3.8) is 0 Å². The molecule has 0 aliphatic carbocycles. The highest BCUT2D eigenvalue weighted by atomic mass is 16.7. The van der Waals surface area contributed by atoms with Crippen molar-refractivity contribution in [3.8, 4) is 17.2 Å². The van der Waals surface area contributed by atoms with Crippen LogP contribution in [0.4, 0.5) is 0 Å². The van der Waals surface area contributed by atoms with Crippen LogP contribution in [0.15, 0.2) is 42.5 Å². The molecule has 1 N–H and O–H groups in total. The lowest BCUT2D eigenvalue weighted by Gasteiger charge is -2.15. The van der Waals surface area contributed by atoms with Crippen molar-refractivity contribution >= 4 is 5.91 Å². The number of nitrogens with one attached hydrogen (secondary N) is 1. The normalized spacial score (nSPS) is 13.5. The Bertz CT molecular complexity index is 714. The van der Waals surface area contributed by atoms with Gasteiger partial charge < -0.3 is 19.5 Å². The van der Waals surface area contributed by atoms with Crippen molar-refractivity contribution in [3.05, 3.63) is 53.6 Å². The predicted octanol–water partition coefficient (Wildman–Crippen LogP) is 2.84. The number of carbonyl (C=O) groups excluding carboxylic acids is 1. The van der Waals surface area contributed by atoms with Gasteiger partial charge in [-0.1, -0.05) is 24.3 Å². The fourth-order valence-corrected chi connectivity index (χ4v) is 2.58. The average Bonchev–Trinajstić information content (AvgIpc) is 3.02. The summed E-state index contributed by atoms with van der Waals surface area (Å²) in [6.07, 6.45) is 0.277. The number of benzene rings is 2. The molecule has 1 aliphatic heterocycles. The van der Waals surface area contributed by atoms with Crippen LogP contribution >= 0.6 is 0 Å². The molecule has 1 amide bonds. The average molecular weight is 313 g/mol. The number of hydrogen-bond acceptors (Lipinski definition) is 4. The first-order valence-electron chi connectivity index (χ1n) is 7.48. The molecule has 5 heteroatoms. The van der Waals surface area contributed by atoms with Crippen molar-refractivity contribution in [1.82, 2.24) is 5.32 Å². The van der Waals surface area contributed by atoms with Gasteiger partial charge in [-0.3, -0.25) is 4.79 Å². The fraction of sp³-hybridized carbons (Fsp3) is 0.278. The second kappa shape index (κ2) is 6.60. The molecule has 0 aromatic heterocycles. The minimum absolute atomic E-state index is 0.0559. The highest BCUT2D eigenvalue weighted by Crippen LogP contribution is 2.34. The molecule has 1 aliphatic rings. The lowest BCUT2D eigenvalue weighted by Crippen LogP contribution is -2.28. The zero-order valence-corrected chi connectivity index (χ0v) is 13.2. The molecule has 0 saturated carbocycles. The van der Waals surface area contributed by atoms with Crippen LogP contribution in [0.3, 0.4) is 0 Å². The van der Waals surface area contributed by atoms with Crippen molar-refractivity contribution in [2.24, 2.45) is 0 Å². The number of carbonyl (C=O) groups is 1. The summed E-state index contributed by atoms with van der Waals surface area (Å²) in [6.45, 7) is 2.19. The van der Waals surface area contributed by atoms with Crippen molar-refractivity contribution in [2.75, 3.05) is 13.9 Å². The maximum absolute atomic E-state index is 12.3. The van der Waals surface area contributed by atoms with Crippen LogP contribution in [0.5, 0.6) is 17.2 Å². The Labute approximate surface area is 135 Å². The van der Waals surface area contributed by atoms with Gasteiger partial charge in [-0.2, -0.15) is 0 Å². The Morgan fingerprint density at radius 1 is 1.22 bits per heavy atom. The van der Waals surface area contributed by atoms with Crippen LogP contribution in [0.2, 0.25) is 0 Å². The highest BCUT2D eigenvalue weighted by Gasteiger charge is 2.17. The van der Waals surface area contributed by atoms with E-state index in [0.717, 1.165) is 22.6 Å². The molecule has 0 fully saturated rings. The van der Waals surface area contributed by atoms with Crippen LogP contribution in [0.1, 0.15) is 24.1 Å². The third kappa shape index (κ3) is 3.39. The number of fused-ring (bicyclic) bond motifs is 1. The van der Waals surface area contributed by atoms with E-state index in [1.807, 2.05) is 49.4 Å². The summed E-state index contributed by atoms with van der Waals surface area (Å²) in [7, 11) is 1.60. The number of para-hydroxylation sites is 1. The van der Waals surface area contributed by atoms with E-state index in [1.165, 1.54) is 0 Å². The summed E-state index contributed by atoms with van der Waals surface area (Å²) in [5, 5.41) is 3.00. The summed E-state index contributed by atoms with van der Waals surface area (Å²) in [6, 6.07) is 13.1. The number of methoxy groups -OCH3 is 1. The van der Waals surface area contributed by atoms with Gasteiger partial charge in [0.25, 0.3) is 0 Å². The van der Waals surface area contributed by atoms with Crippen LogP contribution in [-0.2, 0) is 11.2 Å². The lowest BCUT2D eigenvalue weighted by atomic mass is 10.1. The molecule has 5 nitrogen and oxygen atoms in total. The maximum atomic E-state index is 12.3. The van der Waals surface area contributed by atoms with Gasteiger partial charge in [-0.25, -0.2) is 0 Å². The molecule has 0 bridgehead atoms. The van der Waals surface area contributed by atoms with Crippen LogP contribution in [0.25, 0.3) is 0 Å². The molecular formula is C18H19NO4. The van der Waals surface area contributed by atoms with Crippen LogP contribution < -0.4 is 19.5 Å². The van der Waals surface area contributed by atoms with E-state index in [0.29, 0.717) is 5.75 Å². The van der Waals surface area contributed by atoms with Crippen LogP contribution in [0, 0.1) is 0 Å². The van der Waals surface area contributed by atoms with Gasteiger partial charge in [0.15, 0.2) is 11.5 Å². The molecular weight excluding hydrogens is 294 g/mol. The van der Waals surface area contributed by atoms with Crippen LogP contribution in [-0.4, -0.2) is 19.8 Å². The Kier molecular flexibility index (Phi) is 4.37. The van der Waals surface area contributed by atoms with E-state index in [9.17, 15) is 4.79 Å². The van der Waals surface area contributed by atoms with E-state index in [1.54, 1.807) is 7.11 Å². The number of rotatable bonds is 5. The monoisotopic (exact) mass is 313 g/mol. The molecule has 0 radical (unpaired) electrons. The summed E-state index contributed by atoms with van der Waals surface area (Å²) < 4.78 is 15.9. The largest absolute Gasteiger partial charge is 0.496 e. The first kappa shape index (κ1) is 15.2. The van der Waals surface area contributed by atoms with Crippen molar-refractivity contribution in [1.29, 1.82) is 0 Å². The third-order valence-electron chi connectivity index (χ3n) is 3.82. The van der Waals surface area contributed by atoms with E-state index >= 15 is 0 Å². The molecule has 0 unspecified atom stereocenters. The van der Waals surface area contributed by atoms with Gasteiger partial charge >= 0.3 is 0 Å². The predicted molar refractivity (Wildman–Crippen MR) is 85.8 cm³/mol. The maximum Gasteiger partial charge on any atom is 0.231 e. The molecule has 3 rings (SSSR count). The van der Waals surface area contributed by atoms with Gasteiger partial charge in [-0.05, 0) is 30.7 Å². The molecule has 2 aromatic carbocycles. The minimum atomic E-state index is -0.119. The van der Waals surface area contributed by atoms with Gasteiger partial charge in [0.05, 0.1) is 19.6 Å². The topological polar surface area (TPSA) is 56.8 Å². The summed E-state index contributed by atoms with van der Waals surface area (Å²) >= 11 is 0. The zero-order chi connectivity index (χ0) is 16.2. The number of ether oxygens (including phenoxy) is 3. The van der Waals surface area contributed by atoms with Gasteiger partial charge in [0.2, 0.25) is 12.7 Å². The third-order valence-corrected chi connectivity index (χ3v) is 3.82. The Morgan fingerprint density at radius 2 is 2.00 bits per heavy atom. The first-order chi connectivity index (χ1) is 11.2. The first-order valence-corrected chi connectivity index (χ1v) is 7.48. The summed E-state index contributed by atoms with van der Waals surface area (Å²) in [4.78, 5) is 12.3. The fourth-order valence-electron chi connectivity index (χ4n) is 2.58. The molecule has 23 heavy (non-hydrogen) atoms. The molecule has 120 valence electrons. The summed E-state index contributed by atoms with van der Waals surface area (Å²) in [5.74, 6) is 2.12. The van der Waals surface area contributed by atoms with E-state index in [4.69, 9.17) is 14.2 Å². The second-order valence-electron chi connectivity index (χ2n) is 5.39. The van der Waals surface area contributed by atoms with Gasteiger partial charge in [0.1, 0.15) is 5.75 Å². The number of amides is 1. The molecule has 0 spiro atoms. The number of hydrogen-bond donors (Lipinski definition) is 1. The molecule has 2 aromatic rings. The standard InChI is InChI=1S/C18H19NO4/c1-12(13-7-8-16-17(9-13)23-11-22-16)19-18(20)10-14-5-3-4-6-15(14)21-2/h3-9,12H,10-11H2,1-2H3,(H,19,20)/t12-/m1/s1. The smallest absolute Gasteiger partial charge is 0.231 e. The van der Waals surface area contributed by atoms with Crippen molar-refractivity contribution in [2.45, 2.75) is 19.4 Å². The second-order valence-corrected chi connectivity index (χ2v) is 5.39. The SMILES string of the molecule is COc1ccccc1CC(=O)N[C@H](C)c1ccc2c(c1)OCO2. The zero-order valence-electron chi connectivity index (χ0n) is 13.2. The van der Waals surface area contributed by atoms with Gasteiger partial charge in [0, 0.05) is 5.56 Å². The molecule has 1 atom stereocenters. The van der Waals surface area contributed by atoms with E-state index in [2.05, 4.69) is 5.32 Å². The highest BCUT2D eigenvalue weighted by molar-refractivity contribution is 5.79. The quantitative estimate of drug-likeness (QED) is 0.922. The Balaban J connectivity index is 1.65. The minimum Gasteiger partial charge on any atom is -0.496 e. The van der Waals surface area contributed by atoms with Crippen molar-refractivity contribution < 1.29 is 19.0 Å². The van der Waals surface area contributed by atoms with E-state index < -0.39 is 0 Å². The molecule has 0 saturated heterocycles. The van der Waals surface area contributed by atoms with E-state index in [-0.39, 0.29) is 25.2 Å². The van der Waals surface area contributed by atoms with Gasteiger partial charge in [-0.15, -0.1) is 0 Å². The Morgan fingerprint density at radius 3 is 2.83 bits per heavy atom. The lowest BCUT2D eigenvalue weighted by molar-refractivity contribution is -0.121.